The normalized spacial score (nSPS) is 13.7. The maximum atomic E-state index is 13.0. The van der Waals surface area contributed by atoms with Crippen molar-refractivity contribution >= 4 is 23.4 Å². The minimum absolute atomic E-state index is 0.0117. The average Bonchev–Trinajstić information content (AvgIpc) is 3.39. The molecule has 4 rings (SSSR count). The summed E-state index contributed by atoms with van der Waals surface area (Å²) in [5.74, 6) is -0.313. The highest BCUT2D eigenvalue weighted by Gasteiger charge is 2.25. The van der Waals surface area contributed by atoms with Crippen molar-refractivity contribution in [3.63, 3.8) is 0 Å². The zero-order valence-electron chi connectivity index (χ0n) is 17.9. The molecule has 1 aromatic heterocycles. The lowest BCUT2D eigenvalue weighted by atomic mass is 10.1. The van der Waals surface area contributed by atoms with E-state index in [0.29, 0.717) is 43.0 Å². The number of furan rings is 1. The van der Waals surface area contributed by atoms with Gasteiger partial charge in [0.1, 0.15) is 0 Å². The van der Waals surface area contributed by atoms with Crippen LogP contribution in [0, 0.1) is 0 Å². The van der Waals surface area contributed by atoms with E-state index in [2.05, 4.69) is 12.2 Å². The van der Waals surface area contributed by atoms with Crippen LogP contribution in [-0.4, -0.2) is 53.7 Å². The molecule has 32 heavy (non-hydrogen) atoms. The number of amides is 3. The molecule has 0 bridgehead atoms. The molecule has 1 saturated heterocycles. The fourth-order valence-electron chi connectivity index (χ4n) is 3.69. The Hall–Kier alpha value is -3.87. The smallest absolute Gasteiger partial charge is 0.291 e. The number of hydrogen-bond acceptors (Lipinski definition) is 4. The summed E-state index contributed by atoms with van der Waals surface area (Å²) in [7, 11) is 0. The Balaban J connectivity index is 1.36. The number of nitrogens with zero attached hydrogens (tertiary/aromatic N) is 2. The van der Waals surface area contributed by atoms with Gasteiger partial charge in [0.2, 0.25) is 0 Å². The van der Waals surface area contributed by atoms with Crippen LogP contribution in [-0.2, 0) is 6.42 Å². The second-order valence-electron chi connectivity index (χ2n) is 7.65. The first-order valence-electron chi connectivity index (χ1n) is 10.7. The lowest BCUT2D eigenvalue weighted by Crippen LogP contribution is -2.50. The fraction of sp³-hybridized carbons (Fsp3) is 0.240. The number of anilines is 1. The Labute approximate surface area is 186 Å². The van der Waals surface area contributed by atoms with Crippen molar-refractivity contribution in [3.05, 3.63) is 89.4 Å². The minimum atomic E-state index is -0.376. The largest absolute Gasteiger partial charge is 0.459 e. The van der Waals surface area contributed by atoms with Gasteiger partial charge in [0.25, 0.3) is 17.7 Å². The quantitative estimate of drug-likeness (QED) is 0.668. The summed E-state index contributed by atoms with van der Waals surface area (Å²) in [6.45, 7) is 3.96. The van der Waals surface area contributed by atoms with Crippen LogP contribution in [0.25, 0.3) is 0 Å². The molecule has 0 saturated carbocycles. The van der Waals surface area contributed by atoms with Gasteiger partial charge in [-0.25, -0.2) is 0 Å². The highest BCUT2D eigenvalue weighted by Crippen LogP contribution is 2.17. The third-order valence-electron chi connectivity index (χ3n) is 5.58. The zero-order chi connectivity index (χ0) is 22.5. The van der Waals surface area contributed by atoms with E-state index in [-0.39, 0.29) is 23.5 Å². The fourth-order valence-corrected chi connectivity index (χ4v) is 3.69. The number of rotatable bonds is 5. The summed E-state index contributed by atoms with van der Waals surface area (Å²) in [5.41, 5.74) is 2.86. The molecular formula is C25H25N3O4. The van der Waals surface area contributed by atoms with E-state index >= 15 is 0 Å². The molecule has 0 unspecified atom stereocenters. The predicted octanol–water partition coefficient (Wildman–Crippen LogP) is 3.69. The summed E-state index contributed by atoms with van der Waals surface area (Å²) in [4.78, 5) is 41.4. The van der Waals surface area contributed by atoms with E-state index in [1.165, 1.54) is 11.8 Å². The SMILES string of the molecule is CCc1ccc(C(=O)N2CCN(C(=O)c3cccc(NC(=O)c4ccco4)c3)CC2)cc1. The number of piperazine rings is 1. The van der Waals surface area contributed by atoms with Crippen LogP contribution in [0.15, 0.2) is 71.3 Å². The molecule has 1 aliphatic rings. The van der Waals surface area contributed by atoms with Gasteiger partial charge >= 0.3 is 0 Å². The van der Waals surface area contributed by atoms with Crippen LogP contribution in [0.2, 0.25) is 0 Å². The molecule has 0 atom stereocenters. The minimum Gasteiger partial charge on any atom is -0.459 e. The highest BCUT2D eigenvalue weighted by atomic mass is 16.3. The second kappa shape index (κ2) is 9.51. The van der Waals surface area contributed by atoms with Gasteiger partial charge < -0.3 is 19.5 Å². The first-order valence-corrected chi connectivity index (χ1v) is 10.7. The van der Waals surface area contributed by atoms with Crippen molar-refractivity contribution in [2.75, 3.05) is 31.5 Å². The summed E-state index contributed by atoms with van der Waals surface area (Å²) >= 11 is 0. The Kier molecular flexibility index (Phi) is 6.35. The monoisotopic (exact) mass is 431 g/mol. The number of nitrogens with one attached hydrogen (secondary N) is 1. The molecule has 7 nitrogen and oxygen atoms in total. The van der Waals surface area contributed by atoms with E-state index in [9.17, 15) is 14.4 Å². The molecule has 0 aliphatic carbocycles. The van der Waals surface area contributed by atoms with Gasteiger partial charge in [-0.2, -0.15) is 0 Å². The first-order chi connectivity index (χ1) is 15.5. The van der Waals surface area contributed by atoms with Crippen LogP contribution in [0.3, 0.4) is 0 Å². The van der Waals surface area contributed by atoms with Crippen molar-refractivity contribution in [1.82, 2.24) is 9.80 Å². The van der Waals surface area contributed by atoms with Crippen LogP contribution >= 0.6 is 0 Å². The van der Waals surface area contributed by atoms with Gasteiger partial charge in [0.15, 0.2) is 5.76 Å². The number of carbonyl (C=O) groups is 3. The number of hydrogen-bond donors (Lipinski definition) is 1. The van der Waals surface area contributed by atoms with Gasteiger partial charge in [0, 0.05) is 43.0 Å². The summed E-state index contributed by atoms with van der Waals surface area (Å²) in [6, 6.07) is 17.7. The molecule has 3 aromatic rings. The predicted molar refractivity (Wildman–Crippen MR) is 121 cm³/mol. The van der Waals surface area contributed by atoms with Crippen molar-refractivity contribution in [2.45, 2.75) is 13.3 Å². The van der Waals surface area contributed by atoms with Crippen molar-refractivity contribution in [3.8, 4) is 0 Å². The molecule has 1 N–H and O–H groups in total. The Bertz CT molecular complexity index is 1100. The third kappa shape index (κ3) is 4.72. The van der Waals surface area contributed by atoms with Gasteiger partial charge in [-0.15, -0.1) is 0 Å². The average molecular weight is 431 g/mol. The molecule has 164 valence electrons. The highest BCUT2D eigenvalue weighted by molar-refractivity contribution is 6.03. The van der Waals surface area contributed by atoms with Gasteiger partial charge in [0.05, 0.1) is 6.26 Å². The van der Waals surface area contributed by atoms with Crippen LogP contribution in [0.1, 0.15) is 43.8 Å². The number of aryl methyl sites for hydroxylation is 1. The lowest BCUT2D eigenvalue weighted by molar-refractivity contribution is 0.0535. The molecule has 0 spiro atoms. The van der Waals surface area contributed by atoms with Crippen LogP contribution < -0.4 is 5.32 Å². The molecule has 2 aromatic carbocycles. The Morgan fingerprint density at radius 3 is 2.09 bits per heavy atom. The number of benzene rings is 2. The molecule has 7 heteroatoms. The second-order valence-corrected chi connectivity index (χ2v) is 7.65. The van der Waals surface area contributed by atoms with Crippen LogP contribution in [0.4, 0.5) is 5.69 Å². The molecule has 0 radical (unpaired) electrons. The van der Waals surface area contributed by atoms with Crippen molar-refractivity contribution < 1.29 is 18.8 Å². The topological polar surface area (TPSA) is 82.9 Å². The van der Waals surface area contributed by atoms with Crippen molar-refractivity contribution in [1.29, 1.82) is 0 Å². The summed E-state index contributed by atoms with van der Waals surface area (Å²) in [5, 5.41) is 2.73. The Morgan fingerprint density at radius 1 is 0.844 bits per heavy atom. The Morgan fingerprint density at radius 2 is 1.50 bits per heavy atom. The van der Waals surface area contributed by atoms with E-state index in [0.717, 1.165) is 6.42 Å². The van der Waals surface area contributed by atoms with Gasteiger partial charge in [-0.05, 0) is 54.4 Å². The van der Waals surface area contributed by atoms with E-state index in [1.807, 2.05) is 24.3 Å². The molecular weight excluding hydrogens is 406 g/mol. The third-order valence-corrected chi connectivity index (χ3v) is 5.58. The summed E-state index contributed by atoms with van der Waals surface area (Å²) < 4.78 is 5.09. The lowest BCUT2D eigenvalue weighted by Gasteiger charge is -2.35. The zero-order valence-corrected chi connectivity index (χ0v) is 17.9. The molecule has 2 heterocycles. The maximum Gasteiger partial charge on any atom is 0.291 e. The van der Waals surface area contributed by atoms with Crippen molar-refractivity contribution in [2.24, 2.45) is 0 Å². The number of carbonyl (C=O) groups excluding carboxylic acids is 3. The molecule has 3 amide bonds. The standard InChI is InChI=1S/C25H25N3O4/c1-2-18-8-10-19(11-9-18)24(30)27-12-14-28(15-13-27)25(31)20-5-3-6-21(17-20)26-23(29)22-7-4-16-32-22/h3-11,16-17H,2,12-15H2,1H3,(H,26,29). The summed E-state index contributed by atoms with van der Waals surface area (Å²) in [6.07, 6.45) is 2.36. The molecule has 1 fully saturated rings. The van der Waals surface area contributed by atoms with E-state index in [4.69, 9.17) is 4.42 Å². The van der Waals surface area contributed by atoms with Gasteiger partial charge in [-0.3, -0.25) is 14.4 Å². The first kappa shape index (κ1) is 21.4. The van der Waals surface area contributed by atoms with Gasteiger partial charge in [-0.1, -0.05) is 25.1 Å². The molecule has 1 aliphatic heterocycles. The van der Waals surface area contributed by atoms with E-state index < -0.39 is 0 Å². The maximum absolute atomic E-state index is 13.0. The van der Waals surface area contributed by atoms with E-state index in [1.54, 1.807) is 46.2 Å². The van der Waals surface area contributed by atoms with Crippen LogP contribution in [0.5, 0.6) is 0 Å².